The molecule has 140 valence electrons. The lowest BCUT2D eigenvalue weighted by Gasteiger charge is -2.16. The van der Waals surface area contributed by atoms with E-state index in [1.165, 1.54) is 0 Å². The fraction of sp³-hybridized carbons (Fsp3) is 0.250. The van der Waals surface area contributed by atoms with E-state index in [2.05, 4.69) is 10.3 Å². The van der Waals surface area contributed by atoms with E-state index >= 15 is 0 Å². The number of aromatic nitrogens is 1. The molecule has 0 aliphatic rings. The maximum Gasteiger partial charge on any atom is 0.304 e. The predicted octanol–water partition coefficient (Wildman–Crippen LogP) is 4.26. The third-order valence-corrected chi connectivity index (χ3v) is 5.56. The Kier molecular flexibility index (Phi) is 6.42. The number of fused-ring (bicyclic) bond motifs is 1. The predicted molar refractivity (Wildman–Crippen MR) is 107 cm³/mol. The normalized spacial score (nSPS) is 12.0. The molecule has 0 spiro atoms. The Labute approximate surface area is 166 Å². The van der Waals surface area contributed by atoms with Crippen LogP contribution in [0, 0.1) is 0 Å². The fourth-order valence-electron chi connectivity index (χ4n) is 2.83. The largest absolute Gasteiger partial charge is 0.481 e. The van der Waals surface area contributed by atoms with Crippen molar-refractivity contribution in [1.82, 2.24) is 10.3 Å². The first-order valence-electron chi connectivity index (χ1n) is 8.59. The van der Waals surface area contributed by atoms with E-state index in [1.54, 1.807) is 35.6 Å². The molecule has 3 aromatic rings. The first-order valence-corrected chi connectivity index (χ1v) is 9.79. The summed E-state index contributed by atoms with van der Waals surface area (Å²) in [6, 6.07) is 14.9. The maximum absolute atomic E-state index is 12.2. The zero-order valence-corrected chi connectivity index (χ0v) is 16.1. The molecule has 0 fully saturated rings. The summed E-state index contributed by atoms with van der Waals surface area (Å²) >= 11 is 7.48. The van der Waals surface area contributed by atoms with Crippen LogP contribution in [0.4, 0.5) is 0 Å². The van der Waals surface area contributed by atoms with Crippen molar-refractivity contribution in [2.24, 2.45) is 0 Å². The number of halogens is 1. The third-order valence-electron chi connectivity index (χ3n) is 4.21. The minimum atomic E-state index is -0.904. The molecule has 1 aromatic heterocycles. The lowest BCUT2D eigenvalue weighted by molar-refractivity contribution is -0.137. The highest BCUT2D eigenvalue weighted by atomic mass is 35.5. The lowest BCUT2D eigenvalue weighted by Crippen LogP contribution is -2.29. The van der Waals surface area contributed by atoms with E-state index in [4.69, 9.17) is 16.7 Å². The lowest BCUT2D eigenvalue weighted by atomic mass is 9.95. The number of rotatable bonds is 8. The molecule has 5 nitrogen and oxygen atoms in total. The standard InChI is InChI=1S/C20H19ClN2O3S/c21-15-7-5-13(6-8-15)14(11-20(25)26)12-22-18(24)9-10-19-23-16-3-1-2-4-17(16)27-19/h1-8,14H,9-12H2,(H,22,24)(H,25,26). The van der Waals surface area contributed by atoms with Gasteiger partial charge in [-0.25, -0.2) is 4.98 Å². The molecule has 1 amide bonds. The van der Waals surface area contributed by atoms with E-state index in [9.17, 15) is 9.59 Å². The van der Waals surface area contributed by atoms with Gasteiger partial charge in [0.25, 0.3) is 0 Å². The quantitative estimate of drug-likeness (QED) is 0.590. The molecule has 0 aliphatic carbocycles. The Hall–Kier alpha value is -2.44. The van der Waals surface area contributed by atoms with Gasteiger partial charge in [-0.3, -0.25) is 9.59 Å². The van der Waals surface area contributed by atoms with E-state index < -0.39 is 5.97 Å². The number of carboxylic acids is 1. The van der Waals surface area contributed by atoms with Gasteiger partial charge in [-0.2, -0.15) is 0 Å². The summed E-state index contributed by atoms with van der Waals surface area (Å²) in [6.07, 6.45) is 0.829. The number of aliphatic carboxylic acids is 1. The van der Waals surface area contributed by atoms with Crippen LogP contribution in [0.15, 0.2) is 48.5 Å². The van der Waals surface area contributed by atoms with Crippen molar-refractivity contribution in [1.29, 1.82) is 0 Å². The van der Waals surface area contributed by atoms with E-state index in [1.807, 2.05) is 24.3 Å². The van der Waals surface area contributed by atoms with Crippen LogP contribution >= 0.6 is 22.9 Å². The van der Waals surface area contributed by atoms with Gasteiger partial charge in [0.1, 0.15) is 0 Å². The minimum Gasteiger partial charge on any atom is -0.481 e. The van der Waals surface area contributed by atoms with Crippen LogP contribution in [0.5, 0.6) is 0 Å². The SMILES string of the molecule is O=C(O)CC(CNC(=O)CCc1nc2ccccc2s1)c1ccc(Cl)cc1. The molecule has 0 saturated heterocycles. The van der Waals surface area contributed by atoms with Crippen LogP contribution in [0.2, 0.25) is 5.02 Å². The van der Waals surface area contributed by atoms with Crippen LogP contribution in [0.1, 0.15) is 29.3 Å². The topological polar surface area (TPSA) is 79.3 Å². The van der Waals surface area contributed by atoms with Crippen LogP contribution in [0.25, 0.3) is 10.2 Å². The number of hydrogen-bond donors (Lipinski definition) is 2. The summed E-state index contributed by atoms with van der Waals surface area (Å²) < 4.78 is 1.11. The highest BCUT2D eigenvalue weighted by Crippen LogP contribution is 2.23. The average Bonchev–Trinajstić information content (AvgIpc) is 3.07. The van der Waals surface area contributed by atoms with Crippen LogP contribution < -0.4 is 5.32 Å². The monoisotopic (exact) mass is 402 g/mol. The number of aryl methyl sites for hydroxylation is 1. The number of hydrogen-bond acceptors (Lipinski definition) is 4. The van der Waals surface area contributed by atoms with Crippen molar-refractivity contribution in [3.05, 3.63) is 64.1 Å². The van der Waals surface area contributed by atoms with Crippen molar-refractivity contribution in [3.63, 3.8) is 0 Å². The van der Waals surface area contributed by atoms with Crippen molar-refractivity contribution >= 4 is 45.0 Å². The van der Waals surface area contributed by atoms with E-state index in [0.29, 0.717) is 17.9 Å². The van der Waals surface area contributed by atoms with Crippen molar-refractivity contribution < 1.29 is 14.7 Å². The first kappa shape index (κ1) is 19.3. The van der Waals surface area contributed by atoms with Gasteiger partial charge in [-0.05, 0) is 29.8 Å². The zero-order chi connectivity index (χ0) is 19.2. The maximum atomic E-state index is 12.2. The molecule has 1 atom stereocenters. The molecule has 0 saturated carbocycles. The smallest absolute Gasteiger partial charge is 0.304 e. The Balaban J connectivity index is 1.55. The number of amides is 1. The van der Waals surface area contributed by atoms with Crippen molar-refractivity contribution in [3.8, 4) is 0 Å². The molecule has 27 heavy (non-hydrogen) atoms. The summed E-state index contributed by atoms with van der Waals surface area (Å²) in [6.45, 7) is 0.270. The summed E-state index contributed by atoms with van der Waals surface area (Å²) in [5.74, 6) is -1.32. The van der Waals surface area contributed by atoms with Gasteiger partial charge in [-0.1, -0.05) is 35.9 Å². The second-order valence-corrected chi connectivity index (χ2v) is 7.78. The number of carbonyl (C=O) groups excluding carboxylic acids is 1. The Bertz CT molecular complexity index is 907. The van der Waals surface area contributed by atoms with Gasteiger partial charge in [0.15, 0.2) is 0 Å². The van der Waals surface area contributed by atoms with Crippen molar-refractivity contribution in [2.45, 2.75) is 25.2 Å². The summed E-state index contributed by atoms with van der Waals surface area (Å²) in [7, 11) is 0. The van der Waals surface area contributed by atoms with Gasteiger partial charge in [0, 0.05) is 30.3 Å². The summed E-state index contributed by atoms with van der Waals surface area (Å²) in [5, 5.41) is 13.5. The number of carboxylic acid groups (broad SMARTS) is 1. The molecular weight excluding hydrogens is 384 g/mol. The number of thiazole rings is 1. The molecule has 2 N–H and O–H groups in total. The van der Waals surface area contributed by atoms with Gasteiger partial charge >= 0.3 is 5.97 Å². The van der Waals surface area contributed by atoms with E-state index in [0.717, 1.165) is 20.8 Å². The zero-order valence-electron chi connectivity index (χ0n) is 14.5. The molecule has 2 aromatic carbocycles. The number of para-hydroxylation sites is 1. The minimum absolute atomic E-state index is 0.0558. The number of nitrogens with one attached hydrogen (secondary N) is 1. The van der Waals surface area contributed by atoms with Gasteiger partial charge < -0.3 is 10.4 Å². The second-order valence-electron chi connectivity index (χ2n) is 6.23. The number of benzene rings is 2. The fourth-order valence-corrected chi connectivity index (χ4v) is 3.92. The molecule has 0 radical (unpaired) electrons. The number of nitrogens with zero attached hydrogens (tertiary/aromatic N) is 1. The van der Waals surface area contributed by atoms with Gasteiger partial charge in [0.2, 0.25) is 5.91 Å². The Morgan fingerprint density at radius 2 is 1.89 bits per heavy atom. The Morgan fingerprint density at radius 1 is 1.15 bits per heavy atom. The van der Waals surface area contributed by atoms with Crippen LogP contribution in [0.3, 0.4) is 0 Å². The molecule has 0 aliphatic heterocycles. The molecule has 0 bridgehead atoms. The molecule has 7 heteroatoms. The molecule has 3 rings (SSSR count). The highest BCUT2D eigenvalue weighted by Gasteiger charge is 2.17. The second kappa shape index (κ2) is 8.97. The van der Waals surface area contributed by atoms with Crippen LogP contribution in [-0.4, -0.2) is 28.5 Å². The molecule has 1 unspecified atom stereocenters. The summed E-state index contributed by atoms with van der Waals surface area (Å²) in [5.41, 5.74) is 1.79. The summed E-state index contributed by atoms with van der Waals surface area (Å²) in [4.78, 5) is 27.9. The van der Waals surface area contributed by atoms with E-state index in [-0.39, 0.29) is 24.8 Å². The third kappa shape index (κ3) is 5.52. The average molecular weight is 403 g/mol. The first-order chi connectivity index (χ1) is 13.0. The highest BCUT2D eigenvalue weighted by molar-refractivity contribution is 7.18. The Morgan fingerprint density at radius 3 is 2.59 bits per heavy atom. The number of carbonyl (C=O) groups is 2. The molecule has 1 heterocycles. The van der Waals surface area contributed by atoms with Gasteiger partial charge in [0.05, 0.1) is 21.6 Å². The van der Waals surface area contributed by atoms with Gasteiger partial charge in [-0.15, -0.1) is 11.3 Å². The van der Waals surface area contributed by atoms with Crippen molar-refractivity contribution in [2.75, 3.05) is 6.54 Å². The van der Waals surface area contributed by atoms with Crippen LogP contribution in [-0.2, 0) is 16.0 Å². The molecular formula is C20H19ClN2O3S.